The molecule has 1 aromatic heterocycles. The summed E-state index contributed by atoms with van der Waals surface area (Å²) in [4.78, 5) is 12.4. The first-order valence-corrected chi connectivity index (χ1v) is 8.24. The van der Waals surface area contributed by atoms with Crippen molar-refractivity contribution in [2.45, 2.75) is 13.5 Å². The van der Waals surface area contributed by atoms with E-state index in [2.05, 4.69) is 5.32 Å². The molecule has 0 fully saturated rings. The molecule has 0 saturated heterocycles. The molecule has 0 aliphatic heterocycles. The molecular weight excluding hydrogens is 336 g/mol. The zero-order valence-corrected chi connectivity index (χ0v) is 14.5. The van der Waals surface area contributed by atoms with Gasteiger partial charge in [-0.15, -0.1) is 0 Å². The predicted molar refractivity (Wildman–Crippen MR) is 98.2 cm³/mol. The Kier molecular flexibility index (Phi) is 5.00. The molecule has 0 aliphatic carbocycles. The first-order valence-electron chi connectivity index (χ1n) is 7.86. The van der Waals surface area contributed by atoms with E-state index in [0.29, 0.717) is 16.3 Å². The van der Waals surface area contributed by atoms with Gasteiger partial charge in [0.25, 0.3) is 5.91 Å². The highest BCUT2D eigenvalue weighted by Crippen LogP contribution is 2.25. The second kappa shape index (κ2) is 7.36. The second-order valence-electron chi connectivity index (χ2n) is 5.75. The lowest BCUT2D eigenvalue weighted by molar-refractivity contribution is -0.614. The standard InChI is InChI=1S/C20H17ClN2O2/c1-14-11-16(8-9-19(14)21)15-5-4-6-17(12-15)20(24)22-13-18-7-2-3-10-23(18)25/h2-12H,13H2,1H3,(H,22,24). The van der Waals surface area contributed by atoms with Gasteiger partial charge in [-0.05, 0) is 53.9 Å². The molecule has 0 atom stereocenters. The molecule has 0 saturated carbocycles. The third-order valence-electron chi connectivity index (χ3n) is 3.95. The van der Waals surface area contributed by atoms with E-state index < -0.39 is 0 Å². The van der Waals surface area contributed by atoms with Gasteiger partial charge in [-0.25, -0.2) is 0 Å². The Morgan fingerprint density at radius 3 is 2.64 bits per heavy atom. The summed E-state index contributed by atoms with van der Waals surface area (Å²) < 4.78 is 0.743. The van der Waals surface area contributed by atoms with Crippen LogP contribution >= 0.6 is 11.6 Å². The molecule has 2 aromatic carbocycles. The molecule has 0 radical (unpaired) electrons. The molecular formula is C20H17ClN2O2. The van der Waals surface area contributed by atoms with E-state index in [1.165, 1.54) is 6.20 Å². The lowest BCUT2D eigenvalue weighted by Crippen LogP contribution is -2.35. The lowest BCUT2D eigenvalue weighted by Gasteiger charge is -2.08. The van der Waals surface area contributed by atoms with Crippen molar-refractivity contribution in [1.82, 2.24) is 5.32 Å². The highest BCUT2D eigenvalue weighted by molar-refractivity contribution is 6.31. The van der Waals surface area contributed by atoms with Crippen molar-refractivity contribution in [1.29, 1.82) is 0 Å². The fourth-order valence-electron chi connectivity index (χ4n) is 2.54. The summed E-state index contributed by atoms with van der Waals surface area (Å²) in [7, 11) is 0. The first-order chi connectivity index (χ1) is 12.0. The van der Waals surface area contributed by atoms with Crippen LogP contribution in [0.15, 0.2) is 66.9 Å². The minimum Gasteiger partial charge on any atom is -0.618 e. The number of carbonyl (C=O) groups excluding carboxylic acids is 1. The molecule has 5 heteroatoms. The monoisotopic (exact) mass is 352 g/mol. The summed E-state index contributed by atoms with van der Waals surface area (Å²) in [6, 6.07) is 18.2. The molecule has 1 N–H and O–H groups in total. The molecule has 1 heterocycles. The number of nitrogens with one attached hydrogen (secondary N) is 1. The summed E-state index contributed by atoms with van der Waals surface area (Å²) in [6.45, 7) is 2.12. The van der Waals surface area contributed by atoms with E-state index in [0.717, 1.165) is 21.4 Å². The van der Waals surface area contributed by atoms with Gasteiger partial charge in [0.15, 0.2) is 6.20 Å². The average molecular weight is 353 g/mol. The first kappa shape index (κ1) is 17.0. The van der Waals surface area contributed by atoms with Crippen LogP contribution in [0, 0.1) is 12.1 Å². The van der Waals surface area contributed by atoms with Gasteiger partial charge in [0, 0.05) is 22.7 Å². The van der Waals surface area contributed by atoms with Crippen LogP contribution in [0.25, 0.3) is 11.1 Å². The van der Waals surface area contributed by atoms with Gasteiger partial charge in [0.1, 0.15) is 6.54 Å². The van der Waals surface area contributed by atoms with Gasteiger partial charge in [0.2, 0.25) is 5.69 Å². The van der Waals surface area contributed by atoms with Crippen molar-refractivity contribution in [3.63, 3.8) is 0 Å². The number of nitrogens with zero attached hydrogens (tertiary/aromatic N) is 1. The molecule has 3 aromatic rings. The van der Waals surface area contributed by atoms with Gasteiger partial charge in [-0.1, -0.05) is 29.8 Å². The number of halogens is 1. The predicted octanol–water partition coefficient (Wildman–Crippen LogP) is 3.88. The van der Waals surface area contributed by atoms with Crippen molar-refractivity contribution in [2.24, 2.45) is 0 Å². The molecule has 25 heavy (non-hydrogen) atoms. The number of aromatic nitrogens is 1. The largest absolute Gasteiger partial charge is 0.618 e. The van der Waals surface area contributed by atoms with E-state index in [9.17, 15) is 10.0 Å². The van der Waals surface area contributed by atoms with Gasteiger partial charge >= 0.3 is 0 Å². The Balaban J connectivity index is 1.77. The lowest BCUT2D eigenvalue weighted by atomic mass is 10.0. The number of benzene rings is 2. The van der Waals surface area contributed by atoms with Gasteiger partial charge in [0.05, 0.1) is 0 Å². The maximum atomic E-state index is 12.4. The average Bonchev–Trinajstić information content (AvgIpc) is 2.63. The molecule has 0 bridgehead atoms. The third kappa shape index (κ3) is 3.98. The molecule has 0 spiro atoms. The van der Waals surface area contributed by atoms with Crippen LogP contribution in [0.5, 0.6) is 0 Å². The van der Waals surface area contributed by atoms with Crippen molar-refractivity contribution in [3.8, 4) is 11.1 Å². The van der Waals surface area contributed by atoms with Crippen LogP contribution < -0.4 is 10.0 Å². The van der Waals surface area contributed by atoms with E-state index in [4.69, 9.17) is 11.6 Å². The summed E-state index contributed by atoms with van der Waals surface area (Å²) in [5, 5.41) is 15.1. The fraction of sp³-hybridized carbons (Fsp3) is 0.100. The van der Waals surface area contributed by atoms with Crippen molar-refractivity contribution >= 4 is 17.5 Å². The Morgan fingerprint density at radius 1 is 1.08 bits per heavy atom. The number of aryl methyl sites for hydroxylation is 1. The summed E-state index contributed by atoms with van der Waals surface area (Å²) in [5.74, 6) is -0.226. The Bertz CT molecular complexity index is 925. The summed E-state index contributed by atoms with van der Waals surface area (Å²) in [5.41, 5.74) is 3.94. The van der Waals surface area contributed by atoms with Crippen LogP contribution in [0.4, 0.5) is 0 Å². The number of pyridine rings is 1. The Morgan fingerprint density at radius 2 is 1.88 bits per heavy atom. The summed E-state index contributed by atoms with van der Waals surface area (Å²) in [6.07, 6.45) is 1.41. The van der Waals surface area contributed by atoms with Gasteiger partial charge < -0.3 is 10.5 Å². The van der Waals surface area contributed by atoms with Crippen LogP contribution in [0.1, 0.15) is 21.6 Å². The molecule has 126 valence electrons. The number of amides is 1. The smallest absolute Gasteiger partial charge is 0.251 e. The minimum atomic E-state index is -0.226. The van der Waals surface area contributed by atoms with Crippen molar-refractivity contribution in [3.05, 3.63) is 93.9 Å². The van der Waals surface area contributed by atoms with E-state index >= 15 is 0 Å². The third-order valence-corrected chi connectivity index (χ3v) is 4.37. The number of hydrogen-bond acceptors (Lipinski definition) is 2. The molecule has 1 amide bonds. The maximum Gasteiger partial charge on any atom is 0.251 e. The zero-order valence-electron chi connectivity index (χ0n) is 13.7. The van der Waals surface area contributed by atoms with Crippen molar-refractivity contribution < 1.29 is 9.52 Å². The highest BCUT2D eigenvalue weighted by Gasteiger charge is 2.10. The zero-order chi connectivity index (χ0) is 17.8. The van der Waals surface area contributed by atoms with Crippen LogP contribution in [0.2, 0.25) is 5.02 Å². The van der Waals surface area contributed by atoms with Crippen LogP contribution in [-0.2, 0) is 6.54 Å². The van der Waals surface area contributed by atoms with Crippen molar-refractivity contribution in [2.75, 3.05) is 0 Å². The van der Waals surface area contributed by atoms with Gasteiger partial charge in [-0.2, -0.15) is 4.73 Å². The SMILES string of the molecule is Cc1cc(-c2cccc(C(=O)NCc3cccc[n+]3[O-])c2)ccc1Cl. The Labute approximate surface area is 151 Å². The molecule has 4 nitrogen and oxygen atoms in total. The molecule has 0 aliphatic rings. The van der Waals surface area contributed by atoms with Crippen LogP contribution in [0.3, 0.4) is 0 Å². The number of rotatable bonds is 4. The van der Waals surface area contributed by atoms with E-state index in [1.54, 1.807) is 24.3 Å². The normalized spacial score (nSPS) is 10.5. The maximum absolute atomic E-state index is 12.4. The Hall–Kier alpha value is -2.85. The number of carbonyl (C=O) groups is 1. The van der Waals surface area contributed by atoms with Gasteiger partial charge in [-0.3, -0.25) is 4.79 Å². The second-order valence-corrected chi connectivity index (χ2v) is 6.15. The highest BCUT2D eigenvalue weighted by atomic mass is 35.5. The molecule has 3 rings (SSSR count). The van der Waals surface area contributed by atoms with E-state index in [1.807, 2.05) is 43.3 Å². The fourth-order valence-corrected chi connectivity index (χ4v) is 2.66. The topological polar surface area (TPSA) is 56.0 Å². The quantitative estimate of drug-likeness (QED) is 0.572. The minimum absolute atomic E-state index is 0.174. The van der Waals surface area contributed by atoms with E-state index in [-0.39, 0.29) is 12.5 Å². The van der Waals surface area contributed by atoms with Crippen LogP contribution in [-0.4, -0.2) is 5.91 Å². The summed E-state index contributed by atoms with van der Waals surface area (Å²) >= 11 is 6.07. The number of hydrogen-bond donors (Lipinski definition) is 1. The molecule has 0 unspecified atom stereocenters.